The second-order valence-corrected chi connectivity index (χ2v) is 7.29. The number of aromatic nitrogens is 2. The minimum atomic E-state index is -0.752. The minimum absolute atomic E-state index is 0.254. The van der Waals surface area contributed by atoms with Gasteiger partial charge in [-0.15, -0.1) is 0 Å². The molecule has 0 fully saturated rings. The van der Waals surface area contributed by atoms with Gasteiger partial charge in [-0.25, -0.2) is 9.78 Å². The summed E-state index contributed by atoms with van der Waals surface area (Å²) in [6, 6.07) is 9.44. The van der Waals surface area contributed by atoms with E-state index in [0.29, 0.717) is 13.0 Å². The Morgan fingerprint density at radius 3 is 2.46 bits per heavy atom. The summed E-state index contributed by atoms with van der Waals surface area (Å²) in [4.78, 5) is 29.1. The first-order chi connectivity index (χ1) is 13.3. The molecule has 1 heterocycles. The van der Waals surface area contributed by atoms with Crippen molar-refractivity contribution in [2.24, 2.45) is 0 Å². The Kier molecular flexibility index (Phi) is 8.04. The van der Waals surface area contributed by atoms with Crippen molar-refractivity contribution >= 4 is 12.0 Å². The molecule has 0 bridgehead atoms. The average molecular weight is 386 g/mol. The monoisotopic (exact) mass is 386 g/mol. The fraction of sp³-hybridized carbons (Fsp3) is 0.476. The van der Waals surface area contributed by atoms with E-state index < -0.39 is 12.1 Å². The van der Waals surface area contributed by atoms with Crippen LogP contribution >= 0.6 is 0 Å². The maximum absolute atomic E-state index is 12.7. The number of benzene rings is 1. The number of hydrogen-bond donors (Lipinski definition) is 2. The highest BCUT2D eigenvalue weighted by molar-refractivity contribution is 5.85. The van der Waals surface area contributed by atoms with E-state index in [2.05, 4.69) is 29.5 Å². The summed E-state index contributed by atoms with van der Waals surface area (Å²) in [6.07, 6.45) is 3.77. The molecule has 0 aliphatic rings. The van der Waals surface area contributed by atoms with Gasteiger partial charge in [-0.3, -0.25) is 4.79 Å². The van der Waals surface area contributed by atoms with Crippen molar-refractivity contribution in [1.29, 1.82) is 0 Å². The fourth-order valence-electron chi connectivity index (χ4n) is 2.67. The number of nitrogens with zero attached hydrogens (tertiary/aromatic N) is 2. The van der Waals surface area contributed by atoms with E-state index in [0.717, 1.165) is 17.7 Å². The second kappa shape index (κ2) is 10.5. The van der Waals surface area contributed by atoms with Crippen molar-refractivity contribution in [3.63, 3.8) is 0 Å². The molecule has 1 atom stereocenters. The molecule has 0 saturated carbocycles. The topological polar surface area (TPSA) is 85.2 Å². The molecule has 0 aliphatic heterocycles. The molecular formula is C21H30N4O3. The van der Waals surface area contributed by atoms with Crippen LogP contribution in [-0.4, -0.2) is 40.2 Å². The van der Waals surface area contributed by atoms with Gasteiger partial charge in [0.15, 0.2) is 0 Å². The third kappa shape index (κ3) is 7.06. The summed E-state index contributed by atoms with van der Waals surface area (Å²) < 4.78 is 7.09. The Balaban J connectivity index is 1.98. The first-order valence-electron chi connectivity index (χ1n) is 9.66. The highest BCUT2D eigenvalue weighted by Crippen LogP contribution is 2.08. The highest BCUT2D eigenvalue weighted by atomic mass is 16.6. The van der Waals surface area contributed by atoms with Gasteiger partial charge in [0.1, 0.15) is 6.04 Å². The zero-order valence-corrected chi connectivity index (χ0v) is 17.0. The van der Waals surface area contributed by atoms with Gasteiger partial charge < -0.3 is 19.9 Å². The Morgan fingerprint density at radius 2 is 1.86 bits per heavy atom. The number of carbonyl (C=O) groups excluding carboxylic acids is 2. The van der Waals surface area contributed by atoms with Gasteiger partial charge in [0.05, 0.1) is 18.1 Å². The van der Waals surface area contributed by atoms with E-state index in [1.54, 1.807) is 20.2 Å². The molecule has 0 radical (unpaired) electrons. The van der Waals surface area contributed by atoms with Gasteiger partial charge in [0.2, 0.25) is 5.91 Å². The van der Waals surface area contributed by atoms with Crippen LogP contribution in [0.1, 0.15) is 45.0 Å². The van der Waals surface area contributed by atoms with Crippen molar-refractivity contribution in [3.8, 4) is 0 Å². The lowest BCUT2D eigenvalue weighted by molar-refractivity contribution is -0.123. The summed E-state index contributed by atoms with van der Waals surface area (Å²) in [5.41, 5.74) is 1.88. The Labute approximate surface area is 166 Å². The Morgan fingerprint density at radius 1 is 1.14 bits per heavy atom. The smallest absolute Gasteiger partial charge is 0.408 e. The van der Waals surface area contributed by atoms with Gasteiger partial charge in [0, 0.05) is 25.2 Å². The van der Waals surface area contributed by atoms with Crippen LogP contribution in [0.4, 0.5) is 4.79 Å². The zero-order valence-electron chi connectivity index (χ0n) is 17.0. The van der Waals surface area contributed by atoms with Crippen LogP contribution in [0.2, 0.25) is 0 Å². The zero-order chi connectivity index (χ0) is 20.5. The predicted octanol–water partition coefficient (Wildman–Crippen LogP) is 2.87. The van der Waals surface area contributed by atoms with E-state index in [4.69, 9.17) is 4.74 Å². The quantitative estimate of drug-likeness (QED) is 0.694. The molecule has 2 amide bonds. The van der Waals surface area contributed by atoms with Crippen molar-refractivity contribution < 1.29 is 14.3 Å². The van der Waals surface area contributed by atoms with Crippen molar-refractivity contribution in [1.82, 2.24) is 20.2 Å². The van der Waals surface area contributed by atoms with E-state index in [9.17, 15) is 9.59 Å². The Bertz CT molecular complexity index is 756. The molecule has 2 rings (SSSR count). The first kappa shape index (κ1) is 21.5. The van der Waals surface area contributed by atoms with E-state index in [-0.39, 0.29) is 18.1 Å². The first-order valence-corrected chi connectivity index (χ1v) is 9.66. The molecule has 0 saturated heterocycles. The van der Waals surface area contributed by atoms with Crippen LogP contribution < -0.4 is 10.6 Å². The number of alkyl carbamates (subject to hydrolysis) is 1. The van der Waals surface area contributed by atoms with Crippen molar-refractivity contribution in [2.75, 3.05) is 6.54 Å². The highest BCUT2D eigenvalue weighted by Gasteiger charge is 2.23. The average Bonchev–Trinajstić information content (AvgIpc) is 3.10. The number of carbonyl (C=O) groups is 2. The number of ether oxygens (including phenoxy) is 1. The van der Waals surface area contributed by atoms with Crippen molar-refractivity contribution in [3.05, 3.63) is 54.1 Å². The van der Waals surface area contributed by atoms with Crippen molar-refractivity contribution in [2.45, 2.75) is 58.7 Å². The van der Waals surface area contributed by atoms with E-state index >= 15 is 0 Å². The summed E-state index contributed by atoms with van der Waals surface area (Å²) in [6.45, 7) is 8.12. The van der Waals surface area contributed by atoms with E-state index in [1.807, 2.05) is 41.1 Å². The van der Waals surface area contributed by atoms with Crippen LogP contribution in [0.15, 0.2) is 42.9 Å². The predicted molar refractivity (Wildman–Crippen MR) is 108 cm³/mol. The summed E-state index contributed by atoms with van der Waals surface area (Å²) in [7, 11) is 0. The molecule has 2 N–H and O–H groups in total. The SMILES string of the molecule is CC(C)OC(=O)N[C@@H](Cc1cn(C(C)C)cn1)C(=O)NCCc1ccccc1. The third-order valence-electron chi connectivity index (χ3n) is 4.17. The Hall–Kier alpha value is -2.83. The lowest BCUT2D eigenvalue weighted by Gasteiger charge is -2.18. The molecule has 7 heteroatoms. The summed E-state index contributed by atoms with van der Waals surface area (Å²) in [5.74, 6) is -0.254. The lowest BCUT2D eigenvalue weighted by Crippen LogP contribution is -2.49. The van der Waals surface area contributed by atoms with Gasteiger partial charge in [-0.05, 0) is 39.7 Å². The van der Waals surface area contributed by atoms with Gasteiger partial charge >= 0.3 is 6.09 Å². The fourth-order valence-corrected chi connectivity index (χ4v) is 2.67. The maximum atomic E-state index is 12.7. The molecule has 28 heavy (non-hydrogen) atoms. The van der Waals surface area contributed by atoms with Crippen LogP contribution in [0.5, 0.6) is 0 Å². The molecular weight excluding hydrogens is 356 g/mol. The number of amides is 2. The molecule has 0 spiro atoms. The van der Waals surface area contributed by atoms with Crippen LogP contribution in [0.25, 0.3) is 0 Å². The minimum Gasteiger partial charge on any atom is -0.447 e. The molecule has 2 aromatic rings. The molecule has 1 aromatic heterocycles. The molecule has 1 aromatic carbocycles. The number of imidazole rings is 1. The maximum Gasteiger partial charge on any atom is 0.408 e. The number of nitrogens with one attached hydrogen (secondary N) is 2. The van der Waals surface area contributed by atoms with Gasteiger partial charge in [0.25, 0.3) is 0 Å². The standard InChI is InChI=1S/C21H30N4O3/c1-15(2)25-13-18(23-14-25)12-19(24-21(27)28-16(3)4)20(26)22-11-10-17-8-6-5-7-9-17/h5-9,13-16,19H,10-12H2,1-4H3,(H,22,26)(H,24,27)/t19-/m0/s1. The van der Waals surface area contributed by atoms with Gasteiger partial charge in [-0.2, -0.15) is 0 Å². The summed E-state index contributed by atoms with van der Waals surface area (Å²) >= 11 is 0. The van der Waals surface area contributed by atoms with Crippen LogP contribution in [0, 0.1) is 0 Å². The molecule has 152 valence electrons. The van der Waals surface area contributed by atoms with Crippen LogP contribution in [0.3, 0.4) is 0 Å². The summed E-state index contributed by atoms with van der Waals surface area (Å²) in [5, 5.41) is 5.56. The normalized spacial score (nSPS) is 12.1. The van der Waals surface area contributed by atoms with E-state index in [1.165, 1.54) is 0 Å². The number of hydrogen-bond acceptors (Lipinski definition) is 4. The third-order valence-corrected chi connectivity index (χ3v) is 4.17. The van der Waals surface area contributed by atoms with Gasteiger partial charge in [-0.1, -0.05) is 30.3 Å². The molecule has 7 nitrogen and oxygen atoms in total. The second-order valence-electron chi connectivity index (χ2n) is 7.29. The lowest BCUT2D eigenvalue weighted by atomic mass is 10.1. The number of rotatable bonds is 9. The van der Waals surface area contributed by atoms with Crippen LogP contribution in [-0.2, 0) is 22.4 Å². The molecule has 0 unspecified atom stereocenters. The largest absolute Gasteiger partial charge is 0.447 e. The molecule has 0 aliphatic carbocycles.